The van der Waals surface area contributed by atoms with E-state index in [1.807, 2.05) is 25.1 Å². The Labute approximate surface area is 121 Å². The number of nitrogens with zero attached hydrogens (tertiary/aromatic N) is 3. The van der Waals surface area contributed by atoms with Gasteiger partial charge in [-0.15, -0.1) is 0 Å². The van der Waals surface area contributed by atoms with E-state index in [4.69, 9.17) is 5.73 Å². The van der Waals surface area contributed by atoms with Crippen molar-refractivity contribution in [3.8, 4) is 11.8 Å². The van der Waals surface area contributed by atoms with Crippen LogP contribution in [0, 0.1) is 18.3 Å². The summed E-state index contributed by atoms with van der Waals surface area (Å²) in [6.45, 7) is 4.05. The lowest BCUT2D eigenvalue weighted by molar-refractivity contribution is 0.807. The molecule has 0 amide bonds. The third kappa shape index (κ3) is 2.49. The summed E-state index contributed by atoms with van der Waals surface area (Å²) in [6.07, 6.45) is 1.69. The fourth-order valence-electron chi connectivity index (χ4n) is 2.05. The summed E-state index contributed by atoms with van der Waals surface area (Å²) >= 11 is 3.43. The van der Waals surface area contributed by atoms with Crippen LogP contribution in [-0.2, 0) is 6.42 Å². The third-order valence-corrected chi connectivity index (χ3v) is 3.47. The summed E-state index contributed by atoms with van der Waals surface area (Å²) < 4.78 is 2.67. The lowest BCUT2D eigenvalue weighted by atomic mass is 10.1. The molecule has 0 fully saturated rings. The molecule has 1 heterocycles. The molecule has 0 atom stereocenters. The highest BCUT2D eigenvalue weighted by atomic mass is 79.9. The van der Waals surface area contributed by atoms with E-state index >= 15 is 0 Å². The minimum atomic E-state index is 0.413. The van der Waals surface area contributed by atoms with Gasteiger partial charge in [-0.05, 0) is 37.1 Å². The molecule has 1 aromatic carbocycles. The first-order valence-electron chi connectivity index (χ1n) is 6.12. The fourth-order valence-corrected chi connectivity index (χ4v) is 2.53. The average Bonchev–Trinajstić information content (AvgIpc) is 2.66. The molecule has 4 nitrogen and oxygen atoms in total. The zero-order chi connectivity index (χ0) is 14.0. The standard InChI is InChI=1S/C14H15BrN4/c1-3-4-12-11(8-16)14(17)19(18-12)13-6-5-10(15)7-9(13)2/h5-7H,3-4,17H2,1-2H3. The van der Waals surface area contributed by atoms with Gasteiger partial charge < -0.3 is 5.73 Å². The minimum Gasteiger partial charge on any atom is -0.382 e. The van der Waals surface area contributed by atoms with E-state index in [1.54, 1.807) is 4.68 Å². The van der Waals surface area contributed by atoms with Crippen molar-refractivity contribution in [2.45, 2.75) is 26.7 Å². The van der Waals surface area contributed by atoms with E-state index in [0.717, 1.165) is 34.3 Å². The Morgan fingerprint density at radius 3 is 2.79 bits per heavy atom. The number of aromatic nitrogens is 2. The Hall–Kier alpha value is -1.80. The molecule has 0 unspecified atom stereocenters. The molecule has 2 rings (SSSR count). The normalized spacial score (nSPS) is 10.4. The highest BCUT2D eigenvalue weighted by Crippen LogP contribution is 2.25. The van der Waals surface area contributed by atoms with Gasteiger partial charge in [0.15, 0.2) is 0 Å². The maximum atomic E-state index is 9.21. The number of anilines is 1. The van der Waals surface area contributed by atoms with Crippen LogP contribution in [0.25, 0.3) is 5.69 Å². The minimum absolute atomic E-state index is 0.413. The molecule has 5 heteroatoms. The van der Waals surface area contributed by atoms with Crippen molar-refractivity contribution in [2.75, 3.05) is 5.73 Å². The number of nitrogen functional groups attached to an aromatic ring is 1. The van der Waals surface area contributed by atoms with Crippen LogP contribution in [0.4, 0.5) is 5.82 Å². The predicted molar refractivity (Wildman–Crippen MR) is 79.1 cm³/mol. The number of halogens is 1. The van der Waals surface area contributed by atoms with Crippen molar-refractivity contribution < 1.29 is 0 Å². The first-order chi connectivity index (χ1) is 9.08. The van der Waals surface area contributed by atoms with Crippen LogP contribution in [0.15, 0.2) is 22.7 Å². The molecule has 0 aliphatic carbocycles. The van der Waals surface area contributed by atoms with Crippen molar-refractivity contribution in [2.24, 2.45) is 0 Å². The number of benzene rings is 1. The second-order valence-corrected chi connectivity index (χ2v) is 5.33. The summed E-state index contributed by atoms with van der Waals surface area (Å²) in [5.74, 6) is 0.413. The lowest BCUT2D eigenvalue weighted by Crippen LogP contribution is -2.04. The SMILES string of the molecule is CCCc1nn(-c2ccc(Br)cc2C)c(N)c1C#N. The van der Waals surface area contributed by atoms with E-state index in [0.29, 0.717) is 11.4 Å². The van der Waals surface area contributed by atoms with Gasteiger partial charge in [0.2, 0.25) is 0 Å². The Kier molecular flexibility index (Phi) is 3.91. The topological polar surface area (TPSA) is 67.6 Å². The molecule has 98 valence electrons. The molecule has 0 bridgehead atoms. The Bertz CT molecular complexity index is 652. The smallest absolute Gasteiger partial charge is 0.145 e. The first-order valence-corrected chi connectivity index (χ1v) is 6.91. The molecule has 19 heavy (non-hydrogen) atoms. The zero-order valence-corrected chi connectivity index (χ0v) is 12.5. The molecule has 2 aromatic rings. The number of aryl methyl sites for hydroxylation is 2. The maximum absolute atomic E-state index is 9.21. The zero-order valence-electron chi connectivity index (χ0n) is 10.9. The highest BCUT2D eigenvalue weighted by Gasteiger charge is 2.16. The van der Waals surface area contributed by atoms with E-state index < -0.39 is 0 Å². The number of hydrogen-bond donors (Lipinski definition) is 1. The number of nitriles is 1. The van der Waals surface area contributed by atoms with Crippen LogP contribution < -0.4 is 5.73 Å². The van der Waals surface area contributed by atoms with Crippen molar-refractivity contribution in [3.05, 3.63) is 39.5 Å². The molecule has 0 saturated heterocycles. The lowest BCUT2D eigenvalue weighted by Gasteiger charge is -2.08. The van der Waals surface area contributed by atoms with Crippen LogP contribution in [0.5, 0.6) is 0 Å². The summed E-state index contributed by atoms with van der Waals surface area (Å²) in [4.78, 5) is 0. The van der Waals surface area contributed by atoms with E-state index in [-0.39, 0.29) is 0 Å². The van der Waals surface area contributed by atoms with Crippen LogP contribution in [0.2, 0.25) is 0 Å². The number of hydrogen-bond acceptors (Lipinski definition) is 3. The summed E-state index contributed by atoms with van der Waals surface area (Å²) in [7, 11) is 0. The molecular weight excluding hydrogens is 304 g/mol. The third-order valence-electron chi connectivity index (χ3n) is 2.98. The van der Waals surface area contributed by atoms with E-state index in [9.17, 15) is 5.26 Å². The summed E-state index contributed by atoms with van der Waals surface area (Å²) in [6, 6.07) is 8.04. The van der Waals surface area contributed by atoms with Gasteiger partial charge in [0, 0.05) is 4.47 Å². The van der Waals surface area contributed by atoms with Gasteiger partial charge in [0.1, 0.15) is 17.5 Å². The van der Waals surface area contributed by atoms with Crippen LogP contribution in [0.3, 0.4) is 0 Å². The van der Waals surface area contributed by atoms with Crippen molar-refractivity contribution in [1.82, 2.24) is 9.78 Å². The van der Waals surface area contributed by atoms with Gasteiger partial charge >= 0.3 is 0 Å². The van der Waals surface area contributed by atoms with E-state index in [1.165, 1.54) is 0 Å². The second-order valence-electron chi connectivity index (χ2n) is 4.41. The molecule has 0 aliphatic heterocycles. The fraction of sp³-hybridized carbons (Fsp3) is 0.286. The van der Waals surface area contributed by atoms with Crippen molar-refractivity contribution in [1.29, 1.82) is 5.26 Å². The van der Waals surface area contributed by atoms with Gasteiger partial charge in [-0.1, -0.05) is 29.3 Å². The quantitative estimate of drug-likeness (QED) is 0.943. The van der Waals surface area contributed by atoms with E-state index in [2.05, 4.69) is 34.0 Å². The van der Waals surface area contributed by atoms with Crippen molar-refractivity contribution in [3.63, 3.8) is 0 Å². The molecule has 0 spiro atoms. The largest absolute Gasteiger partial charge is 0.382 e. The van der Waals surface area contributed by atoms with Crippen LogP contribution in [-0.4, -0.2) is 9.78 Å². The second kappa shape index (κ2) is 5.45. The predicted octanol–water partition coefficient (Wildman–Crippen LogP) is 3.35. The van der Waals surface area contributed by atoms with Gasteiger partial charge in [-0.25, -0.2) is 4.68 Å². The van der Waals surface area contributed by atoms with Crippen LogP contribution in [0.1, 0.15) is 30.2 Å². The Morgan fingerprint density at radius 2 is 2.21 bits per heavy atom. The monoisotopic (exact) mass is 318 g/mol. The molecule has 2 N–H and O–H groups in total. The average molecular weight is 319 g/mol. The van der Waals surface area contributed by atoms with Gasteiger partial charge in [-0.3, -0.25) is 0 Å². The van der Waals surface area contributed by atoms with Gasteiger partial charge in [-0.2, -0.15) is 10.4 Å². The Morgan fingerprint density at radius 1 is 1.47 bits per heavy atom. The molecular formula is C14H15BrN4. The van der Waals surface area contributed by atoms with Crippen LogP contribution >= 0.6 is 15.9 Å². The number of rotatable bonds is 3. The molecule has 0 radical (unpaired) electrons. The molecule has 1 aromatic heterocycles. The van der Waals surface area contributed by atoms with Gasteiger partial charge in [0.05, 0.1) is 11.4 Å². The molecule has 0 aliphatic rings. The Balaban J connectivity index is 2.60. The maximum Gasteiger partial charge on any atom is 0.145 e. The summed E-state index contributed by atoms with van der Waals surface area (Å²) in [5, 5.41) is 13.7. The first kappa shape index (κ1) is 13.6. The summed E-state index contributed by atoms with van der Waals surface area (Å²) in [5.41, 5.74) is 9.26. The highest BCUT2D eigenvalue weighted by molar-refractivity contribution is 9.10. The van der Waals surface area contributed by atoms with Gasteiger partial charge in [0.25, 0.3) is 0 Å². The van der Waals surface area contributed by atoms with Crippen molar-refractivity contribution >= 4 is 21.7 Å². The number of nitrogens with two attached hydrogens (primary N) is 1. The molecule has 0 saturated carbocycles.